The third-order valence-corrected chi connectivity index (χ3v) is 2.51. The molecular weight excluding hydrogens is 196 g/mol. The van der Waals surface area contributed by atoms with Gasteiger partial charge in [0.15, 0.2) is 0 Å². The topological polar surface area (TPSA) is 29.1 Å². The summed E-state index contributed by atoms with van der Waals surface area (Å²) in [4.78, 5) is 10.9. The van der Waals surface area contributed by atoms with Gasteiger partial charge in [0.2, 0.25) is 11.8 Å². The lowest BCUT2D eigenvalue weighted by Crippen LogP contribution is -2.40. The number of hydrogen-bond acceptors (Lipinski definition) is 2. The first-order valence-corrected chi connectivity index (χ1v) is 4.95. The van der Waals surface area contributed by atoms with E-state index in [-0.39, 0.29) is 30.5 Å². The van der Waals surface area contributed by atoms with Crippen LogP contribution in [0, 0.1) is 0 Å². The van der Waals surface area contributed by atoms with Gasteiger partial charge in [-0.1, -0.05) is 0 Å². The smallest absolute Gasteiger partial charge is 0.248 e. The normalized spacial score (nSPS) is 22.7. The van der Waals surface area contributed by atoms with Gasteiger partial charge in [-0.3, -0.25) is 4.79 Å². The van der Waals surface area contributed by atoms with Crippen molar-refractivity contribution in [2.45, 2.75) is 37.6 Å². The highest BCUT2D eigenvalue weighted by molar-refractivity contribution is 7.81. The fraction of sp³-hybridized carbons (Fsp3) is 0.875. The minimum atomic E-state index is -2.53. The Kier molecular flexibility index (Phi) is 3.53. The number of thiol groups is 1. The average molecular weight is 209 g/mol. The molecule has 0 heterocycles. The molecule has 1 aliphatic rings. The van der Waals surface area contributed by atoms with Gasteiger partial charge < -0.3 is 5.32 Å². The van der Waals surface area contributed by atoms with Gasteiger partial charge in [0.1, 0.15) is 0 Å². The molecule has 0 unspecified atom stereocenters. The van der Waals surface area contributed by atoms with E-state index in [4.69, 9.17) is 0 Å². The van der Waals surface area contributed by atoms with Crippen molar-refractivity contribution >= 4 is 18.5 Å². The average Bonchev–Trinajstić information content (AvgIpc) is 2.08. The maximum absolute atomic E-state index is 12.7. The lowest BCUT2D eigenvalue weighted by Gasteiger charge is -2.28. The number of halogens is 2. The molecule has 1 amide bonds. The third kappa shape index (κ3) is 3.50. The number of carbonyl (C=O) groups is 1. The second-order valence-electron chi connectivity index (χ2n) is 3.36. The van der Waals surface area contributed by atoms with Gasteiger partial charge in [-0.2, -0.15) is 12.6 Å². The first-order valence-electron chi connectivity index (χ1n) is 4.31. The summed E-state index contributed by atoms with van der Waals surface area (Å²) in [6.07, 6.45) is 0.494. The Morgan fingerprint density at radius 1 is 1.46 bits per heavy atom. The summed E-state index contributed by atoms with van der Waals surface area (Å²) in [5.41, 5.74) is 0. The summed E-state index contributed by atoms with van der Waals surface area (Å²) in [6, 6.07) is -0.0840. The molecule has 1 fully saturated rings. The molecule has 0 bridgehead atoms. The van der Waals surface area contributed by atoms with E-state index in [2.05, 4.69) is 17.9 Å². The number of hydrogen-bond donors (Lipinski definition) is 2. The van der Waals surface area contributed by atoms with Crippen LogP contribution in [0.4, 0.5) is 8.78 Å². The first-order chi connectivity index (χ1) is 6.03. The van der Waals surface area contributed by atoms with E-state index in [1.807, 2.05) is 0 Å². The van der Waals surface area contributed by atoms with Crippen molar-refractivity contribution in [1.82, 2.24) is 5.32 Å². The highest BCUT2D eigenvalue weighted by atomic mass is 32.1. The van der Waals surface area contributed by atoms with E-state index in [1.165, 1.54) is 0 Å². The van der Waals surface area contributed by atoms with E-state index in [0.717, 1.165) is 0 Å². The van der Waals surface area contributed by atoms with Crippen molar-refractivity contribution in [2.75, 3.05) is 5.75 Å². The lowest BCUT2D eigenvalue weighted by molar-refractivity contribution is -0.120. The van der Waals surface area contributed by atoms with Crippen LogP contribution < -0.4 is 5.32 Å². The van der Waals surface area contributed by atoms with Crippen LogP contribution in [0.5, 0.6) is 0 Å². The highest BCUT2D eigenvalue weighted by Gasteiger charge is 2.35. The molecule has 0 aliphatic heterocycles. The van der Waals surface area contributed by atoms with Crippen molar-refractivity contribution in [3.8, 4) is 0 Å². The zero-order chi connectivity index (χ0) is 9.90. The minimum absolute atomic E-state index is 0.0840. The second-order valence-corrected chi connectivity index (χ2v) is 3.67. The summed E-state index contributed by atoms with van der Waals surface area (Å²) >= 11 is 3.79. The Bertz CT molecular complexity index is 189. The number of carbonyl (C=O) groups excluding carboxylic acids is 1. The minimum Gasteiger partial charge on any atom is -0.353 e. The van der Waals surface area contributed by atoms with Crippen LogP contribution in [0.15, 0.2) is 0 Å². The number of alkyl halides is 2. The van der Waals surface area contributed by atoms with Gasteiger partial charge in [-0.25, -0.2) is 8.78 Å². The van der Waals surface area contributed by atoms with Crippen molar-refractivity contribution in [1.29, 1.82) is 0 Å². The van der Waals surface area contributed by atoms with E-state index in [1.54, 1.807) is 0 Å². The second kappa shape index (κ2) is 4.26. The zero-order valence-corrected chi connectivity index (χ0v) is 8.12. The predicted octanol–water partition coefficient (Wildman–Crippen LogP) is 1.61. The van der Waals surface area contributed by atoms with Crippen LogP contribution in [0.2, 0.25) is 0 Å². The van der Waals surface area contributed by atoms with Crippen LogP contribution in [0.1, 0.15) is 25.7 Å². The molecule has 0 spiro atoms. The van der Waals surface area contributed by atoms with Crippen LogP contribution in [-0.4, -0.2) is 23.6 Å². The van der Waals surface area contributed by atoms with Gasteiger partial charge in [-0.15, -0.1) is 0 Å². The van der Waals surface area contributed by atoms with Crippen LogP contribution in [0.25, 0.3) is 0 Å². The largest absolute Gasteiger partial charge is 0.353 e. The van der Waals surface area contributed by atoms with E-state index in [0.29, 0.717) is 12.8 Å². The summed E-state index contributed by atoms with van der Waals surface area (Å²) < 4.78 is 25.3. The Labute approximate surface area is 81.5 Å². The van der Waals surface area contributed by atoms with Crippen molar-refractivity contribution in [2.24, 2.45) is 0 Å². The molecule has 5 heteroatoms. The number of amides is 1. The van der Waals surface area contributed by atoms with Crippen molar-refractivity contribution < 1.29 is 13.6 Å². The fourth-order valence-corrected chi connectivity index (χ4v) is 1.55. The van der Waals surface area contributed by atoms with E-state index in [9.17, 15) is 13.6 Å². The Hall–Kier alpha value is -0.320. The maximum atomic E-state index is 12.7. The van der Waals surface area contributed by atoms with Crippen LogP contribution in [0.3, 0.4) is 0 Å². The highest BCUT2D eigenvalue weighted by Crippen LogP contribution is 2.32. The number of nitrogens with one attached hydrogen (secondary N) is 1. The first kappa shape index (κ1) is 10.8. The Morgan fingerprint density at radius 2 is 2.00 bits per heavy atom. The third-order valence-electron chi connectivity index (χ3n) is 2.23. The van der Waals surface area contributed by atoms with Crippen molar-refractivity contribution in [3.63, 3.8) is 0 Å². The molecular formula is C8H13F2NOS. The van der Waals surface area contributed by atoms with E-state index < -0.39 is 5.92 Å². The molecule has 1 aliphatic carbocycles. The molecule has 0 radical (unpaired) electrons. The molecule has 1 saturated carbocycles. The molecule has 0 atom stereocenters. The summed E-state index contributed by atoms with van der Waals surface area (Å²) in [5, 5.41) is 2.66. The maximum Gasteiger partial charge on any atom is 0.248 e. The van der Waals surface area contributed by atoms with Crippen LogP contribution in [-0.2, 0) is 4.79 Å². The fourth-order valence-electron chi connectivity index (χ4n) is 1.46. The molecule has 0 aromatic carbocycles. The summed E-state index contributed by atoms with van der Waals surface area (Å²) in [6.45, 7) is 0. The van der Waals surface area contributed by atoms with Gasteiger partial charge >= 0.3 is 0 Å². The van der Waals surface area contributed by atoms with Crippen molar-refractivity contribution in [3.05, 3.63) is 0 Å². The lowest BCUT2D eigenvalue weighted by atomic mass is 9.92. The van der Waals surface area contributed by atoms with Gasteiger partial charge in [0.25, 0.3) is 0 Å². The summed E-state index contributed by atoms with van der Waals surface area (Å²) in [7, 11) is 0. The summed E-state index contributed by atoms with van der Waals surface area (Å²) in [5.74, 6) is -2.59. The number of rotatable bonds is 2. The molecule has 13 heavy (non-hydrogen) atoms. The SMILES string of the molecule is O=C(CS)NC1CCC(F)(F)CC1. The molecule has 0 saturated heterocycles. The molecule has 1 rings (SSSR count). The van der Waals surface area contributed by atoms with Crippen LogP contribution >= 0.6 is 12.6 Å². The molecule has 1 N–H and O–H groups in total. The Morgan fingerprint density at radius 3 is 2.46 bits per heavy atom. The van der Waals surface area contributed by atoms with Gasteiger partial charge in [0, 0.05) is 18.9 Å². The molecule has 76 valence electrons. The molecule has 0 aromatic heterocycles. The monoisotopic (exact) mass is 209 g/mol. The molecule has 2 nitrogen and oxygen atoms in total. The molecule has 0 aromatic rings. The van der Waals surface area contributed by atoms with Gasteiger partial charge in [0.05, 0.1) is 5.75 Å². The predicted molar refractivity (Wildman–Crippen MR) is 49.2 cm³/mol. The Balaban J connectivity index is 2.29. The van der Waals surface area contributed by atoms with Gasteiger partial charge in [-0.05, 0) is 12.8 Å². The standard InChI is InChI=1S/C8H13F2NOS/c9-8(10)3-1-6(2-4-8)11-7(12)5-13/h6,13H,1-5H2,(H,11,12). The quantitative estimate of drug-likeness (QED) is 0.665. The zero-order valence-electron chi connectivity index (χ0n) is 7.22. The van der Waals surface area contributed by atoms with E-state index >= 15 is 0 Å².